The maximum absolute atomic E-state index is 10.5. The zero-order valence-electron chi connectivity index (χ0n) is 6.54. The Kier molecular flexibility index (Phi) is 5.00. The first-order valence-corrected chi connectivity index (χ1v) is 3.21. The van der Waals surface area contributed by atoms with E-state index in [2.05, 4.69) is 23.8 Å². The van der Waals surface area contributed by atoms with Crippen LogP contribution in [-0.4, -0.2) is 11.8 Å². The fourth-order valence-corrected chi connectivity index (χ4v) is 0.365. The summed E-state index contributed by atoms with van der Waals surface area (Å²) in [5.74, 6) is -0.668. The second-order valence-electron chi connectivity index (χ2n) is 1.76. The van der Waals surface area contributed by atoms with E-state index in [0.29, 0.717) is 0 Å². The molecule has 0 saturated carbocycles. The van der Waals surface area contributed by atoms with E-state index in [4.69, 9.17) is 0 Å². The van der Waals surface area contributed by atoms with Gasteiger partial charge in [0, 0.05) is 12.4 Å². The van der Waals surface area contributed by atoms with Gasteiger partial charge in [-0.15, -0.1) is 0 Å². The van der Waals surface area contributed by atoms with Gasteiger partial charge >= 0.3 is 0 Å². The minimum absolute atomic E-state index is 0.334. The molecule has 0 rings (SSSR count). The number of carbonyl (C=O) groups is 2. The number of rotatable bonds is 4. The molecule has 64 valence electrons. The van der Waals surface area contributed by atoms with E-state index in [0.717, 1.165) is 12.2 Å². The molecule has 0 aromatic heterocycles. The summed E-state index contributed by atoms with van der Waals surface area (Å²) in [4.78, 5) is 21.0. The number of carbonyl (C=O) groups excluding carboxylic acids is 2. The van der Waals surface area contributed by atoms with Crippen LogP contribution in [0, 0.1) is 0 Å². The van der Waals surface area contributed by atoms with Crippen LogP contribution in [0.2, 0.25) is 0 Å². The number of amides is 2. The molecule has 0 spiro atoms. The monoisotopic (exact) mass is 166 g/mol. The predicted molar refractivity (Wildman–Crippen MR) is 45.8 cm³/mol. The first-order valence-electron chi connectivity index (χ1n) is 3.21. The van der Waals surface area contributed by atoms with Crippen molar-refractivity contribution in [1.82, 2.24) is 10.6 Å². The second-order valence-corrected chi connectivity index (χ2v) is 1.76. The van der Waals surface area contributed by atoms with Crippen LogP contribution >= 0.6 is 0 Å². The molecule has 0 heterocycles. The van der Waals surface area contributed by atoms with Crippen molar-refractivity contribution in [2.45, 2.75) is 0 Å². The normalized spacial score (nSPS) is 9.00. The van der Waals surface area contributed by atoms with Crippen molar-refractivity contribution in [3.05, 3.63) is 37.7 Å². The van der Waals surface area contributed by atoms with Gasteiger partial charge in [0.05, 0.1) is 0 Å². The van der Waals surface area contributed by atoms with E-state index >= 15 is 0 Å². The molecule has 4 nitrogen and oxygen atoms in total. The van der Waals surface area contributed by atoms with Crippen molar-refractivity contribution in [2.75, 3.05) is 0 Å². The molecular weight excluding hydrogens is 156 g/mol. The van der Waals surface area contributed by atoms with Crippen molar-refractivity contribution >= 4 is 11.8 Å². The molecule has 4 heteroatoms. The Morgan fingerprint density at radius 2 is 1.25 bits per heavy atom. The molecule has 0 aliphatic heterocycles. The molecule has 0 atom stereocenters. The van der Waals surface area contributed by atoms with Crippen LogP contribution in [0.4, 0.5) is 0 Å². The minimum atomic E-state index is -0.334. The Hall–Kier alpha value is -1.84. The maximum Gasteiger partial charge on any atom is 0.247 e. The SMILES string of the molecule is C=CC(=O)NC=CNC(=O)C=C. The lowest BCUT2D eigenvalue weighted by atomic mass is 10.6. The summed E-state index contributed by atoms with van der Waals surface area (Å²) < 4.78 is 0. The molecule has 2 N–H and O–H groups in total. The largest absolute Gasteiger partial charge is 0.328 e. The van der Waals surface area contributed by atoms with Crippen LogP contribution in [0.3, 0.4) is 0 Å². The van der Waals surface area contributed by atoms with Gasteiger partial charge in [-0.1, -0.05) is 13.2 Å². The fraction of sp³-hybridized carbons (Fsp3) is 0. The summed E-state index contributed by atoms with van der Waals surface area (Å²) in [7, 11) is 0. The first kappa shape index (κ1) is 10.2. The van der Waals surface area contributed by atoms with E-state index in [1.165, 1.54) is 12.4 Å². The summed E-state index contributed by atoms with van der Waals surface area (Å²) in [5.41, 5.74) is 0. The topological polar surface area (TPSA) is 58.2 Å². The van der Waals surface area contributed by atoms with Gasteiger partial charge in [-0.05, 0) is 12.2 Å². The van der Waals surface area contributed by atoms with Gasteiger partial charge < -0.3 is 10.6 Å². The molecular formula is C8H10N2O2. The van der Waals surface area contributed by atoms with Gasteiger partial charge in [0.2, 0.25) is 11.8 Å². The molecule has 0 bridgehead atoms. The zero-order chi connectivity index (χ0) is 9.40. The van der Waals surface area contributed by atoms with Crippen LogP contribution in [-0.2, 0) is 9.59 Å². The summed E-state index contributed by atoms with van der Waals surface area (Å²) in [6, 6.07) is 0. The molecule has 0 saturated heterocycles. The van der Waals surface area contributed by atoms with E-state index in [9.17, 15) is 9.59 Å². The predicted octanol–water partition coefficient (Wildman–Crippen LogP) is 0.0620. The van der Waals surface area contributed by atoms with E-state index in [1.54, 1.807) is 0 Å². The van der Waals surface area contributed by atoms with Crippen molar-refractivity contribution in [3.63, 3.8) is 0 Å². The Labute approximate surface area is 70.6 Å². The highest BCUT2D eigenvalue weighted by molar-refractivity contribution is 5.88. The lowest BCUT2D eigenvalue weighted by molar-refractivity contribution is -0.116. The van der Waals surface area contributed by atoms with Crippen LogP contribution in [0.25, 0.3) is 0 Å². The highest BCUT2D eigenvalue weighted by Crippen LogP contribution is 1.69. The highest BCUT2D eigenvalue weighted by atomic mass is 16.2. The van der Waals surface area contributed by atoms with Crippen LogP contribution in [0.5, 0.6) is 0 Å². The van der Waals surface area contributed by atoms with E-state index in [1.807, 2.05) is 0 Å². The Morgan fingerprint density at radius 3 is 1.50 bits per heavy atom. The third kappa shape index (κ3) is 4.99. The third-order valence-corrected chi connectivity index (χ3v) is 0.905. The lowest BCUT2D eigenvalue weighted by Gasteiger charge is -1.92. The van der Waals surface area contributed by atoms with Crippen molar-refractivity contribution in [1.29, 1.82) is 0 Å². The van der Waals surface area contributed by atoms with Gasteiger partial charge in [0.1, 0.15) is 0 Å². The summed E-state index contributed by atoms with van der Waals surface area (Å²) in [5, 5.41) is 4.65. The molecule has 0 fully saturated rings. The molecule has 0 radical (unpaired) electrons. The van der Waals surface area contributed by atoms with Gasteiger partial charge in [-0.3, -0.25) is 9.59 Å². The molecule has 12 heavy (non-hydrogen) atoms. The zero-order valence-corrected chi connectivity index (χ0v) is 6.54. The summed E-state index contributed by atoms with van der Waals surface area (Å²) in [6.07, 6.45) is 4.84. The van der Waals surface area contributed by atoms with Gasteiger partial charge in [-0.2, -0.15) is 0 Å². The quantitative estimate of drug-likeness (QED) is 0.580. The summed E-state index contributed by atoms with van der Waals surface area (Å²) in [6.45, 7) is 6.48. The minimum Gasteiger partial charge on any atom is -0.328 e. The smallest absolute Gasteiger partial charge is 0.247 e. The number of hydrogen-bond donors (Lipinski definition) is 2. The average molecular weight is 166 g/mol. The Balaban J connectivity index is 3.63. The van der Waals surface area contributed by atoms with Gasteiger partial charge in [-0.25, -0.2) is 0 Å². The van der Waals surface area contributed by atoms with Gasteiger partial charge in [0.15, 0.2) is 0 Å². The molecule has 0 unspecified atom stereocenters. The van der Waals surface area contributed by atoms with Crippen LogP contribution < -0.4 is 10.6 Å². The third-order valence-electron chi connectivity index (χ3n) is 0.905. The van der Waals surface area contributed by atoms with Crippen molar-refractivity contribution in [3.8, 4) is 0 Å². The Bertz CT molecular complexity index is 207. The molecule has 0 aliphatic carbocycles. The average Bonchev–Trinajstić information content (AvgIpc) is 2.11. The molecule has 0 aliphatic rings. The first-order chi connectivity index (χ1) is 5.70. The fourth-order valence-electron chi connectivity index (χ4n) is 0.365. The van der Waals surface area contributed by atoms with E-state index < -0.39 is 0 Å². The second kappa shape index (κ2) is 5.91. The summed E-state index contributed by atoms with van der Waals surface area (Å²) >= 11 is 0. The van der Waals surface area contributed by atoms with Crippen LogP contribution in [0.1, 0.15) is 0 Å². The lowest BCUT2D eigenvalue weighted by Crippen LogP contribution is -2.17. The van der Waals surface area contributed by atoms with Gasteiger partial charge in [0.25, 0.3) is 0 Å². The maximum atomic E-state index is 10.5. The highest BCUT2D eigenvalue weighted by Gasteiger charge is 1.87. The standard InChI is InChI=1S/C8H10N2O2/c1-3-7(11)9-5-6-10-8(12)4-2/h3-6H,1-2H2,(H,9,11)(H,10,12). The number of nitrogens with one attached hydrogen (secondary N) is 2. The van der Waals surface area contributed by atoms with Crippen molar-refractivity contribution < 1.29 is 9.59 Å². The molecule has 0 aromatic carbocycles. The number of hydrogen-bond acceptors (Lipinski definition) is 2. The van der Waals surface area contributed by atoms with Crippen molar-refractivity contribution in [2.24, 2.45) is 0 Å². The van der Waals surface area contributed by atoms with Crippen LogP contribution in [0.15, 0.2) is 37.7 Å². The Morgan fingerprint density at radius 1 is 0.917 bits per heavy atom. The van der Waals surface area contributed by atoms with E-state index in [-0.39, 0.29) is 11.8 Å². The molecule has 2 amide bonds. The molecule has 0 aromatic rings.